The van der Waals surface area contributed by atoms with Gasteiger partial charge in [-0.1, -0.05) is 11.6 Å². The molecule has 0 saturated carbocycles. The largest absolute Gasteiger partial charge is 0.481 e. The van der Waals surface area contributed by atoms with Crippen LogP contribution >= 0.6 is 11.6 Å². The van der Waals surface area contributed by atoms with Gasteiger partial charge in [-0.3, -0.25) is 9.78 Å². The Bertz CT molecular complexity index is 358. The number of carbonyl (C=O) groups is 1. The first-order chi connectivity index (χ1) is 7.02. The minimum atomic E-state index is -1.42. The third kappa shape index (κ3) is 3.16. The molecule has 0 bridgehead atoms. The molecule has 5 nitrogen and oxygen atoms in total. The van der Waals surface area contributed by atoms with E-state index in [9.17, 15) is 15.0 Å². The van der Waals surface area contributed by atoms with Crippen molar-refractivity contribution < 1.29 is 20.1 Å². The predicted octanol–water partition coefficient (Wildman–Crippen LogP) is 0.604. The Hall–Kier alpha value is -1.17. The fourth-order valence-electron chi connectivity index (χ4n) is 1.09. The Morgan fingerprint density at radius 1 is 1.53 bits per heavy atom. The lowest BCUT2D eigenvalue weighted by Crippen LogP contribution is -2.22. The number of hydrogen-bond donors (Lipinski definition) is 3. The number of aliphatic carboxylic acids is 1. The van der Waals surface area contributed by atoms with Gasteiger partial charge in [-0.25, -0.2) is 0 Å². The van der Waals surface area contributed by atoms with E-state index in [0.29, 0.717) is 0 Å². The van der Waals surface area contributed by atoms with Crippen LogP contribution in [0, 0.1) is 0 Å². The summed E-state index contributed by atoms with van der Waals surface area (Å²) in [6, 6.07) is 3.07. The highest BCUT2D eigenvalue weighted by molar-refractivity contribution is 6.31. The van der Waals surface area contributed by atoms with Crippen molar-refractivity contribution in [2.75, 3.05) is 0 Å². The number of aliphatic hydroxyl groups excluding tert-OH is 2. The first-order valence-electron chi connectivity index (χ1n) is 4.20. The van der Waals surface area contributed by atoms with Crippen LogP contribution in [-0.4, -0.2) is 32.4 Å². The molecule has 0 fully saturated rings. The maximum atomic E-state index is 10.3. The molecule has 82 valence electrons. The quantitative estimate of drug-likeness (QED) is 0.706. The highest BCUT2D eigenvalue weighted by Gasteiger charge is 2.23. The normalized spacial score (nSPS) is 14.6. The van der Waals surface area contributed by atoms with Gasteiger partial charge in [0.2, 0.25) is 0 Å². The molecule has 6 heteroatoms. The van der Waals surface area contributed by atoms with Gasteiger partial charge in [0.1, 0.15) is 6.10 Å². The van der Waals surface area contributed by atoms with Crippen LogP contribution in [0.25, 0.3) is 0 Å². The maximum absolute atomic E-state index is 10.3. The maximum Gasteiger partial charge on any atom is 0.306 e. The highest BCUT2D eigenvalue weighted by atomic mass is 35.5. The third-order valence-corrected chi connectivity index (χ3v) is 2.13. The number of carboxylic acid groups (broad SMARTS) is 1. The number of hydrogen-bond acceptors (Lipinski definition) is 4. The van der Waals surface area contributed by atoms with Gasteiger partial charge >= 0.3 is 5.97 Å². The zero-order valence-corrected chi connectivity index (χ0v) is 8.42. The molecular weight excluding hydrogens is 222 g/mol. The first kappa shape index (κ1) is 11.9. The SMILES string of the molecule is O=C(O)CC(O)C(O)c1ncccc1Cl. The van der Waals surface area contributed by atoms with E-state index in [1.165, 1.54) is 12.3 Å². The van der Waals surface area contributed by atoms with Gasteiger partial charge in [0.25, 0.3) is 0 Å². The molecule has 0 radical (unpaired) electrons. The molecule has 15 heavy (non-hydrogen) atoms. The Labute approximate surface area is 91.0 Å². The van der Waals surface area contributed by atoms with E-state index >= 15 is 0 Å². The van der Waals surface area contributed by atoms with Gasteiger partial charge in [0.05, 0.1) is 23.2 Å². The molecule has 3 N–H and O–H groups in total. The molecule has 1 heterocycles. The average molecular weight is 232 g/mol. The van der Waals surface area contributed by atoms with Gasteiger partial charge in [-0.05, 0) is 12.1 Å². The smallest absolute Gasteiger partial charge is 0.306 e. The van der Waals surface area contributed by atoms with Gasteiger partial charge in [0, 0.05) is 6.20 Å². The summed E-state index contributed by atoms with van der Waals surface area (Å²) in [5, 5.41) is 27.5. The standard InChI is InChI=1S/C9H10ClNO4/c10-5-2-1-3-11-8(5)9(15)6(12)4-7(13)14/h1-3,6,9,12,15H,4H2,(H,13,14). The summed E-state index contributed by atoms with van der Waals surface area (Å²) in [6.07, 6.45) is -1.98. The fourth-order valence-corrected chi connectivity index (χ4v) is 1.32. The van der Waals surface area contributed by atoms with Crippen LogP contribution < -0.4 is 0 Å². The average Bonchev–Trinajstić information content (AvgIpc) is 2.16. The van der Waals surface area contributed by atoms with E-state index in [1.807, 2.05) is 0 Å². The minimum Gasteiger partial charge on any atom is -0.481 e. The summed E-state index contributed by atoms with van der Waals surface area (Å²) in [6.45, 7) is 0. The number of aromatic nitrogens is 1. The molecule has 2 unspecified atom stereocenters. The summed E-state index contributed by atoms with van der Waals surface area (Å²) in [5.41, 5.74) is 0.0768. The Kier molecular flexibility index (Phi) is 4.02. The second-order valence-corrected chi connectivity index (χ2v) is 3.39. The molecule has 0 saturated heterocycles. The van der Waals surface area contributed by atoms with Crippen molar-refractivity contribution in [3.05, 3.63) is 29.0 Å². The van der Waals surface area contributed by atoms with E-state index in [4.69, 9.17) is 16.7 Å². The molecule has 1 aromatic rings. The summed E-state index contributed by atoms with van der Waals surface area (Å²) >= 11 is 5.72. The van der Waals surface area contributed by atoms with Crippen LogP contribution in [0.2, 0.25) is 5.02 Å². The van der Waals surface area contributed by atoms with E-state index in [-0.39, 0.29) is 10.7 Å². The van der Waals surface area contributed by atoms with E-state index < -0.39 is 24.6 Å². The van der Waals surface area contributed by atoms with Crippen molar-refractivity contribution in [3.63, 3.8) is 0 Å². The Morgan fingerprint density at radius 2 is 2.20 bits per heavy atom. The van der Waals surface area contributed by atoms with Crippen molar-refractivity contribution in [1.82, 2.24) is 4.98 Å². The molecule has 0 spiro atoms. The van der Waals surface area contributed by atoms with Crippen molar-refractivity contribution in [2.45, 2.75) is 18.6 Å². The molecular formula is C9H10ClNO4. The van der Waals surface area contributed by atoms with Crippen LogP contribution in [0.15, 0.2) is 18.3 Å². The van der Waals surface area contributed by atoms with Gasteiger partial charge in [0.15, 0.2) is 0 Å². The third-order valence-electron chi connectivity index (χ3n) is 1.82. The Balaban J connectivity index is 2.80. The Morgan fingerprint density at radius 3 is 2.73 bits per heavy atom. The number of pyridine rings is 1. The van der Waals surface area contributed by atoms with Crippen molar-refractivity contribution >= 4 is 17.6 Å². The lowest BCUT2D eigenvalue weighted by molar-refractivity contribution is -0.141. The van der Waals surface area contributed by atoms with Gasteiger partial charge in [-0.2, -0.15) is 0 Å². The second-order valence-electron chi connectivity index (χ2n) is 2.98. The van der Waals surface area contributed by atoms with Crippen molar-refractivity contribution in [3.8, 4) is 0 Å². The lowest BCUT2D eigenvalue weighted by atomic mass is 10.1. The molecule has 0 aromatic carbocycles. The van der Waals surface area contributed by atoms with E-state index in [1.54, 1.807) is 6.07 Å². The summed E-state index contributed by atoms with van der Waals surface area (Å²) < 4.78 is 0. The molecule has 1 rings (SSSR count). The second kappa shape index (κ2) is 5.06. The summed E-state index contributed by atoms with van der Waals surface area (Å²) in [7, 11) is 0. The molecule has 2 atom stereocenters. The van der Waals surface area contributed by atoms with Crippen molar-refractivity contribution in [2.24, 2.45) is 0 Å². The van der Waals surface area contributed by atoms with Crippen LogP contribution in [0.5, 0.6) is 0 Å². The number of halogens is 1. The monoisotopic (exact) mass is 231 g/mol. The van der Waals surface area contributed by atoms with Crippen LogP contribution in [0.1, 0.15) is 18.2 Å². The summed E-state index contributed by atoms with van der Waals surface area (Å²) in [4.78, 5) is 14.1. The lowest BCUT2D eigenvalue weighted by Gasteiger charge is -2.16. The summed E-state index contributed by atoms with van der Waals surface area (Å²) in [5.74, 6) is -1.20. The highest BCUT2D eigenvalue weighted by Crippen LogP contribution is 2.23. The molecule has 0 amide bonds. The van der Waals surface area contributed by atoms with Crippen LogP contribution in [0.4, 0.5) is 0 Å². The minimum absolute atomic E-state index is 0.0768. The molecule has 0 aliphatic heterocycles. The topological polar surface area (TPSA) is 90.7 Å². The molecule has 0 aliphatic carbocycles. The van der Waals surface area contributed by atoms with Crippen LogP contribution in [-0.2, 0) is 4.79 Å². The van der Waals surface area contributed by atoms with Crippen LogP contribution in [0.3, 0.4) is 0 Å². The van der Waals surface area contributed by atoms with Crippen molar-refractivity contribution in [1.29, 1.82) is 0 Å². The number of carboxylic acids is 1. The number of nitrogens with zero attached hydrogens (tertiary/aromatic N) is 1. The zero-order valence-electron chi connectivity index (χ0n) is 7.67. The molecule has 0 aliphatic rings. The van der Waals surface area contributed by atoms with E-state index in [2.05, 4.69) is 4.98 Å². The fraction of sp³-hybridized carbons (Fsp3) is 0.333. The van der Waals surface area contributed by atoms with E-state index in [0.717, 1.165) is 0 Å². The molecule has 1 aromatic heterocycles. The van der Waals surface area contributed by atoms with Gasteiger partial charge in [-0.15, -0.1) is 0 Å². The predicted molar refractivity (Wildman–Crippen MR) is 52.5 cm³/mol. The first-order valence-corrected chi connectivity index (χ1v) is 4.58. The number of rotatable bonds is 4. The van der Waals surface area contributed by atoms with Gasteiger partial charge < -0.3 is 15.3 Å². The zero-order chi connectivity index (χ0) is 11.4. The number of aliphatic hydroxyl groups is 2.